The number of hydrogen-bond acceptors (Lipinski definition) is 4. The van der Waals surface area contributed by atoms with Gasteiger partial charge in [0.15, 0.2) is 5.17 Å². The first-order valence-corrected chi connectivity index (χ1v) is 10.4. The van der Waals surface area contributed by atoms with Crippen LogP contribution in [0.2, 0.25) is 0 Å². The molecule has 0 saturated carbocycles. The first-order chi connectivity index (χ1) is 13.5. The molecule has 3 rings (SSSR count). The molecule has 1 saturated heterocycles. The van der Waals surface area contributed by atoms with Crippen molar-refractivity contribution in [2.75, 3.05) is 6.54 Å². The minimum Gasteiger partial charge on any atom is -0.491 e. The maximum Gasteiger partial charge on any atom is 0.266 e. The van der Waals surface area contributed by atoms with Crippen molar-refractivity contribution in [2.45, 2.75) is 40.2 Å². The van der Waals surface area contributed by atoms with Gasteiger partial charge in [0.2, 0.25) is 0 Å². The summed E-state index contributed by atoms with van der Waals surface area (Å²) < 4.78 is 5.76. The summed E-state index contributed by atoms with van der Waals surface area (Å²) in [5, 5.41) is 0.733. The van der Waals surface area contributed by atoms with Crippen LogP contribution >= 0.6 is 11.8 Å². The van der Waals surface area contributed by atoms with Crippen LogP contribution in [0.4, 0.5) is 5.69 Å². The fraction of sp³-hybridized carbons (Fsp3) is 0.304. The summed E-state index contributed by atoms with van der Waals surface area (Å²) in [6, 6.07) is 15.8. The predicted molar refractivity (Wildman–Crippen MR) is 118 cm³/mol. The van der Waals surface area contributed by atoms with E-state index in [1.165, 1.54) is 17.3 Å². The third-order valence-electron chi connectivity index (χ3n) is 4.12. The van der Waals surface area contributed by atoms with Crippen molar-refractivity contribution in [3.05, 3.63) is 64.6 Å². The highest BCUT2D eigenvalue weighted by Gasteiger charge is 2.32. The zero-order valence-electron chi connectivity index (χ0n) is 16.8. The molecule has 1 heterocycles. The van der Waals surface area contributed by atoms with E-state index >= 15 is 0 Å². The molecule has 0 radical (unpaired) electrons. The van der Waals surface area contributed by atoms with Crippen LogP contribution in [-0.4, -0.2) is 28.6 Å². The predicted octanol–water partition coefficient (Wildman–Crippen LogP) is 5.80. The Morgan fingerprint density at radius 3 is 2.61 bits per heavy atom. The SMILES string of the molecule is CCCN1C(=O)/C(=C\c2cccc(OC(C)C)c2)SC1=Nc1ccc(C)cc1. The number of benzene rings is 2. The normalized spacial score (nSPS) is 17.2. The average Bonchev–Trinajstić information content (AvgIpc) is 2.92. The van der Waals surface area contributed by atoms with Gasteiger partial charge in [0.1, 0.15) is 5.75 Å². The Morgan fingerprint density at radius 1 is 1.18 bits per heavy atom. The summed E-state index contributed by atoms with van der Waals surface area (Å²) in [6.07, 6.45) is 2.91. The number of carbonyl (C=O) groups excluding carboxylic acids is 1. The van der Waals surface area contributed by atoms with Crippen molar-refractivity contribution >= 4 is 34.6 Å². The van der Waals surface area contributed by atoms with E-state index in [1.54, 1.807) is 4.90 Å². The van der Waals surface area contributed by atoms with Gasteiger partial charge in [-0.2, -0.15) is 0 Å². The molecule has 0 atom stereocenters. The zero-order valence-corrected chi connectivity index (χ0v) is 17.6. The smallest absolute Gasteiger partial charge is 0.266 e. The largest absolute Gasteiger partial charge is 0.491 e. The van der Waals surface area contributed by atoms with E-state index in [2.05, 4.69) is 6.92 Å². The van der Waals surface area contributed by atoms with E-state index in [4.69, 9.17) is 9.73 Å². The van der Waals surface area contributed by atoms with Gasteiger partial charge in [0.05, 0.1) is 16.7 Å². The Kier molecular flexibility index (Phi) is 6.57. The maximum atomic E-state index is 12.9. The summed E-state index contributed by atoms with van der Waals surface area (Å²) in [7, 11) is 0. The first-order valence-electron chi connectivity index (χ1n) is 9.59. The fourth-order valence-electron chi connectivity index (χ4n) is 2.84. The van der Waals surface area contributed by atoms with Gasteiger partial charge in [0, 0.05) is 6.54 Å². The number of ether oxygens (including phenoxy) is 1. The van der Waals surface area contributed by atoms with E-state index in [0.717, 1.165) is 28.6 Å². The molecule has 28 heavy (non-hydrogen) atoms. The van der Waals surface area contributed by atoms with E-state index in [-0.39, 0.29) is 12.0 Å². The standard InChI is InChI=1S/C23H26N2O2S/c1-5-13-25-22(26)21(15-18-7-6-8-20(14-18)27-16(2)3)28-23(25)24-19-11-9-17(4)10-12-19/h6-12,14-16H,5,13H2,1-4H3/b21-15+,24-23?. The molecule has 0 unspecified atom stereocenters. The van der Waals surface area contributed by atoms with Crippen LogP contribution in [0.3, 0.4) is 0 Å². The van der Waals surface area contributed by atoms with Crippen LogP contribution in [0.25, 0.3) is 6.08 Å². The lowest BCUT2D eigenvalue weighted by atomic mass is 10.2. The molecule has 5 heteroatoms. The molecular formula is C23H26N2O2S. The molecule has 0 aromatic heterocycles. The number of nitrogens with zero attached hydrogens (tertiary/aromatic N) is 2. The lowest BCUT2D eigenvalue weighted by Crippen LogP contribution is -2.29. The molecule has 0 N–H and O–H groups in total. The third-order valence-corrected chi connectivity index (χ3v) is 5.13. The van der Waals surface area contributed by atoms with Gasteiger partial charge in [0.25, 0.3) is 5.91 Å². The molecule has 1 amide bonds. The summed E-state index contributed by atoms with van der Waals surface area (Å²) in [5.74, 6) is 0.812. The van der Waals surface area contributed by atoms with Crippen molar-refractivity contribution in [2.24, 2.45) is 4.99 Å². The Labute approximate surface area is 171 Å². The number of carbonyl (C=O) groups is 1. The number of aliphatic imine (C=N–C) groups is 1. The first kappa shape index (κ1) is 20.2. The second-order valence-electron chi connectivity index (χ2n) is 7.04. The Hall–Kier alpha value is -2.53. The van der Waals surface area contributed by atoms with Crippen LogP contribution in [0.5, 0.6) is 5.75 Å². The Balaban J connectivity index is 1.89. The Bertz CT molecular complexity index is 901. The molecule has 4 nitrogen and oxygen atoms in total. The van der Waals surface area contributed by atoms with Crippen molar-refractivity contribution in [1.29, 1.82) is 0 Å². The monoisotopic (exact) mass is 394 g/mol. The molecular weight excluding hydrogens is 368 g/mol. The highest BCUT2D eigenvalue weighted by Crippen LogP contribution is 2.34. The quantitative estimate of drug-likeness (QED) is 0.582. The third kappa shape index (κ3) is 5.04. The average molecular weight is 395 g/mol. The highest BCUT2D eigenvalue weighted by molar-refractivity contribution is 8.18. The number of thioether (sulfide) groups is 1. The lowest BCUT2D eigenvalue weighted by molar-refractivity contribution is -0.122. The number of amidine groups is 1. The minimum atomic E-state index is 0.00731. The maximum absolute atomic E-state index is 12.9. The van der Waals surface area contributed by atoms with Gasteiger partial charge < -0.3 is 4.74 Å². The molecule has 2 aromatic rings. The van der Waals surface area contributed by atoms with Crippen molar-refractivity contribution in [1.82, 2.24) is 4.90 Å². The second-order valence-corrected chi connectivity index (χ2v) is 8.05. The van der Waals surface area contributed by atoms with Crippen LogP contribution in [0, 0.1) is 6.92 Å². The fourth-order valence-corrected chi connectivity index (χ4v) is 3.87. The number of aryl methyl sites for hydroxylation is 1. The van der Waals surface area contributed by atoms with E-state index in [1.807, 2.05) is 75.4 Å². The van der Waals surface area contributed by atoms with Crippen molar-refractivity contribution in [3.63, 3.8) is 0 Å². The summed E-state index contributed by atoms with van der Waals surface area (Å²) >= 11 is 1.43. The molecule has 146 valence electrons. The highest BCUT2D eigenvalue weighted by atomic mass is 32.2. The molecule has 1 aliphatic rings. The molecule has 1 aliphatic heterocycles. The zero-order chi connectivity index (χ0) is 20.1. The Morgan fingerprint density at radius 2 is 1.93 bits per heavy atom. The number of amides is 1. The summed E-state index contributed by atoms with van der Waals surface area (Å²) in [6.45, 7) is 8.77. The summed E-state index contributed by atoms with van der Waals surface area (Å²) in [4.78, 5) is 20.1. The van der Waals surface area contributed by atoms with Crippen molar-refractivity contribution in [3.8, 4) is 5.75 Å². The molecule has 2 aromatic carbocycles. The van der Waals surface area contributed by atoms with E-state index in [9.17, 15) is 4.79 Å². The molecule has 0 aliphatic carbocycles. The topological polar surface area (TPSA) is 41.9 Å². The van der Waals surface area contributed by atoms with Crippen LogP contribution in [0.15, 0.2) is 58.4 Å². The van der Waals surface area contributed by atoms with Gasteiger partial charge in [-0.05, 0) is 74.9 Å². The van der Waals surface area contributed by atoms with Gasteiger partial charge in [-0.1, -0.05) is 36.8 Å². The van der Waals surface area contributed by atoms with Crippen LogP contribution < -0.4 is 4.74 Å². The second kappa shape index (κ2) is 9.11. The molecule has 0 spiro atoms. The van der Waals surface area contributed by atoms with E-state index in [0.29, 0.717) is 11.4 Å². The van der Waals surface area contributed by atoms with Gasteiger partial charge in [-0.15, -0.1) is 0 Å². The lowest BCUT2D eigenvalue weighted by Gasteiger charge is -2.14. The van der Waals surface area contributed by atoms with Gasteiger partial charge in [-0.25, -0.2) is 4.99 Å². The van der Waals surface area contributed by atoms with Crippen LogP contribution in [0.1, 0.15) is 38.3 Å². The number of hydrogen-bond donors (Lipinski definition) is 0. The van der Waals surface area contributed by atoms with Crippen molar-refractivity contribution < 1.29 is 9.53 Å². The van der Waals surface area contributed by atoms with E-state index < -0.39 is 0 Å². The number of rotatable bonds is 6. The molecule has 1 fully saturated rings. The summed E-state index contributed by atoms with van der Waals surface area (Å²) in [5.41, 5.74) is 2.99. The minimum absolute atomic E-state index is 0.00731. The van der Waals surface area contributed by atoms with Gasteiger partial charge in [-0.3, -0.25) is 9.69 Å². The van der Waals surface area contributed by atoms with Crippen LogP contribution in [-0.2, 0) is 4.79 Å². The van der Waals surface area contributed by atoms with Gasteiger partial charge >= 0.3 is 0 Å². The molecule has 0 bridgehead atoms.